The standard InChI is InChI=1S/C15H20FN3O3/c1-22-10-14(20)18-9-13(19-6-5-17-15(19)21)8-11-3-2-4-12(16)7-11/h2-4,7,13H,5-6,8-10H2,1H3,(H,17,21)(H,18,20). The molecule has 1 heterocycles. The van der Waals surface area contributed by atoms with Gasteiger partial charge in [0.05, 0.1) is 6.04 Å². The van der Waals surface area contributed by atoms with Gasteiger partial charge in [-0.3, -0.25) is 4.79 Å². The van der Waals surface area contributed by atoms with E-state index in [4.69, 9.17) is 4.74 Å². The SMILES string of the molecule is COCC(=O)NCC(Cc1cccc(F)c1)N1CCNC1=O. The minimum atomic E-state index is -0.314. The fourth-order valence-corrected chi connectivity index (χ4v) is 2.48. The summed E-state index contributed by atoms with van der Waals surface area (Å²) in [6.45, 7) is 1.41. The van der Waals surface area contributed by atoms with Crippen LogP contribution in [-0.4, -0.2) is 56.2 Å². The molecule has 2 N–H and O–H groups in total. The molecule has 120 valence electrons. The van der Waals surface area contributed by atoms with E-state index >= 15 is 0 Å². The second kappa shape index (κ2) is 7.74. The molecule has 1 aromatic rings. The summed E-state index contributed by atoms with van der Waals surface area (Å²) < 4.78 is 18.1. The number of benzene rings is 1. The summed E-state index contributed by atoms with van der Waals surface area (Å²) in [7, 11) is 1.44. The lowest BCUT2D eigenvalue weighted by molar-refractivity contribution is -0.124. The molecule has 7 heteroatoms. The Labute approximate surface area is 128 Å². The van der Waals surface area contributed by atoms with Crippen LogP contribution in [0.3, 0.4) is 0 Å². The topological polar surface area (TPSA) is 70.7 Å². The second-order valence-electron chi connectivity index (χ2n) is 5.15. The Morgan fingerprint density at radius 2 is 2.36 bits per heavy atom. The summed E-state index contributed by atoms with van der Waals surface area (Å²) in [6.07, 6.45) is 0.471. The predicted molar refractivity (Wildman–Crippen MR) is 78.9 cm³/mol. The van der Waals surface area contributed by atoms with Crippen LogP contribution >= 0.6 is 0 Å². The molecule has 0 aliphatic carbocycles. The fraction of sp³-hybridized carbons (Fsp3) is 0.467. The summed E-state index contributed by atoms with van der Waals surface area (Å²) in [5.41, 5.74) is 0.783. The molecular formula is C15H20FN3O3. The maximum Gasteiger partial charge on any atom is 0.317 e. The second-order valence-corrected chi connectivity index (χ2v) is 5.15. The highest BCUT2D eigenvalue weighted by atomic mass is 19.1. The molecule has 1 unspecified atom stereocenters. The van der Waals surface area contributed by atoms with E-state index in [0.717, 1.165) is 5.56 Å². The van der Waals surface area contributed by atoms with Gasteiger partial charge in [-0.2, -0.15) is 0 Å². The van der Waals surface area contributed by atoms with Crippen molar-refractivity contribution in [1.29, 1.82) is 0 Å². The number of methoxy groups -OCH3 is 1. The molecule has 1 atom stereocenters. The first-order valence-corrected chi connectivity index (χ1v) is 7.14. The number of nitrogens with one attached hydrogen (secondary N) is 2. The number of hydrogen-bond donors (Lipinski definition) is 2. The molecule has 0 aromatic heterocycles. The first-order valence-electron chi connectivity index (χ1n) is 7.14. The van der Waals surface area contributed by atoms with Crippen molar-refractivity contribution in [3.05, 3.63) is 35.6 Å². The Balaban J connectivity index is 2.04. The van der Waals surface area contributed by atoms with E-state index in [9.17, 15) is 14.0 Å². The van der Waals surface area contributed by atoms with Gasteiger partial charge in [-0.05, 0) is 24.1 Å². The van der Waals surface area contributed by atoms with Gasteiger partial charge in [-0.25, -0.2) is 9.18 Å². The van der Waals surface area contributed by atoms with Crippen LogP contribution in [0.25, 0.3) is 0 Å². The Morgan fingerprint density at radius 3 is 3.00 bits per heavy atom. The van der Waals surface area contributed by atoms with Gasteiger partial charge in [-0.1, -0.05) is 12.1 Å². The molecule has 0 bridgehead atoms. The average molecular weight is 309 g/mol. The van der Waals surface area contributed by atoms with Crippen molar-refractivity contribution in [2.75, 3.05) is 33.4 Å². The van der Waals surface area contributed by atoms with E-state index in [0.29, 0.717) is 26.1 Å². The molecule has 3 amide bonds. The minimum Gasteiger partial charge on any atom is -0.375 e. The summed E-state index contributed by atoms with van der Waals surface area (Å²) in [5, 5.41) is 5.47. The molecule has 2 rings (SSSR count). The van der Waals surface area contributed by atoms with E-state index in [1.54, 1.807) is 17.0 Å². The highest BCUT2D eigenvalue weighted by molar-refractivity contribution is 5.78. The van der Waals surface area contributed by atoms with Crippen LogP contribution in [-0.2, 0) is 16.0 Å². The summed E-state index contributed by atoms with van der Waals surface area (Å²) >= 11 is 0. The molecule has 0 spiro atoms. The van der Waals surface area contributed by atoms with E-state index in [1.165, 1.54) is 19.2 Å². The number of rotatable bonds is 7. The number of amides is 3. The largest absolute Gasteiger partial charge is 0.375 e. The fourth-order valence-electron chi connectivity index (χ4n) is 2.48. The van der Waals surface area contributed by atoms with Gasteiger partial charge in [0.2, 0.25) is 5.91 Å². The predicted octanol–water partition coefficient (Wildman–Crippen LogP) is 0.525. The molecule has 1 fully saturated rings. The maximum atomic E-state index is 13.3. The lowest BCUT2D eigenvalue weighted by Crippen LogP contribution is -2.47. The summed E-state index contributed by atoms with van der Waals surface area (Å²) in [5.74, 6) is -0.558. The van der Waals surface area contributed by atoms with Crippen molar-refractivity contribution in [3.8, 4) is 0 Å². The van der Waals surface area contributed by atoms with Crippen molar-refractivity contribution in [2.24, 2.45) is 0 Å². The Hall–Kier alpha value is -2.15. The molecule has 1 saturated heterocycles. The van der Waals surface area contributed by atoms with Crippen LogP contribution in [0.15, 0.2) is 24.3 Å². The molecule has 0 radical (unpaired) electrons. The molecule has 0 saturated carbocycles. The highest BCUT2D eigenvalue weighted by Gasteiger charge is 2.28. The third-order valence-electron chi connectivity index (χ3n) is 3.50. The van der Waals surface area contributed by atoms with E-state index < -0.39 is 0 Å². The van der Waals surface area contributed by atoms with Gasteiger partial charge in [0.15, 0.2) is 0 Å². The quantitative estimate of drug-likeness (QED) is 0.771. The number of nitrogens with zero attached hydrogens (tertiary/aromatic N) is 1. The van der Waals surface area contributed by atoms with Crippen LogP contribution in [0, 0.1) is 5.82 Å². The van der Waals surface area contributed by atoms with Gasteiger partial charge < -0.3 is 20.3 Å². The number of ether oxygens (including phenoxy) is 1. The van der Waals surface area contributed by atoms with Gasteiger partial charge >= 0.3 is 6.03 Å². The Bertz CT molecular complexity index is 539. The number of carbonyl (C=O) groups excluding carboxylic acids is 2. The monoisotopic (exact) mass is 309 g/mol. The maximum absolute atomic E-state index is 13.3. The van der Waals surface area contributed by atoms with E-state index in [1.807, 2.05) is 0 Å². The molecule has 22 heavy (non-hydrogen) atoms. The number of halogens is 1. The van der Waals surface area contributed by atoms with Crippen molar-refractivity contribution < 1.29 is 18.7 Å². The van der Waals surface area contributed by atoms with Crippen LogP contribution < -0.4 is 10.6 Å². The Morgan fingerprint density at radius 1 is 1.55 bits per heavy atom. The first kappa shape index (κ1) is 16.2. The average Bonchev–Trinajstić information content (AvgIpc) is 2.90. The molecule has 1 aromatic carbocycles. The Kier molecular flexibility index (Phi) is 5.71. The number of hydrogen-bond acceptors (Lipinski definition) is 3. The van der Waals surface area contributed by atoms with Crippen LogP contribution in [0.4, 0.5) is 9.18 Å². The van der Waals surface area contributed by atoms with E-state index in [2.05, 4.69) is 10.6 Å². The molecule has 1 aliphatic heterocycles. The van der Waals surface area contributed by atoms with E-state index in [-0.39, 0.29) is 30.4 Å². The van der Waals surface area contributed by atoms with Crippen LogP contribution in [0.5, 0.6) is 0 Å². The lowest BCUT2D eigenvalue weighted by Gasteiger charge is -2.27. The minimum absolute atomic E-state index is 0.0289. The zero-order valence-corrected chi connectivity index (χ0v) is 12.5. The van der Waals surface area contributed by atoms with Gasteiger partial charge in [0, 0.05) is 26.7 Å². The van der Waals surface area contributed by atoms with Crippen molar-refractivity contribution in [1.82, 2.24) is 15.5 Å². The third-order valence-corrected chi connectivity index (χ3v) is 3.50. The van der Waals surface area contributed by atoms with Crippen LogP contribution in [0.2, 0.25) is 0 Å². The van der Waals surface area contributed by atoms with Crippen molar-refractivity contribution in [2.45, 2.75) is 12.5 Å². The first-order chi connectivity index (χ1) is 10.6. The zero-order chi connectivity index (χ0) is 15.9. The lowest BCUT2D eigenvalue weighted by atomic mass is 10.0. The van der Waals surface area contributed by atoms with Gasteiger partial charge in [0.1, 0.15) is 12.4 Å². The summed E-state index contributed by atoms with van der Waals surface area (Å²) in [4.78, 5) is 25.0. The van der Waals surface area contributed by atoms with Gasteiger partial charge in [-0.15, -0.1) is 0 Å². The van der Waals surface area contributed by atoms with Crippen molar-refractivity contribution in [3.63, 3.8) is 0 Å². The number of urea groups is 1. The smallest absolute Gasteiger partial charge is 0.317 e. The van der Waals surface area contributed by atoms with Crippen molar-refractivity contribution >= 4 is 11.9 Å². The molecular weight excluding hydrogens is 289 g/mol. The molecule has 1 aliphatic rings. The molecule has 6 nitrogen and oxygen atoms in total. The summed E-state index contributed by atoms with van der Waals surface area (Å²) in [6, 6.07) is 5.86. The number of carbonyl (C=O) groups is 2. The normalized spacial score (nSPS) is 15.5. The van der Waals surface area contributed by atoms with Gasteiger partial charge in [0.25, 0.3) is 0 Å². The highest BCUT2D eigenvalue weighted by Crippen LogP contribution is 2.12. The zero-order valence-electron chi connectivity index (χ0n) is 12.5. The third kappa shape index (κ3) is 4.42. The van der Waals surface area contributed by atoms with Crippen LogP contribution in [0.1, 0.15) is 5.56 Å².